The fourth-order valence-corrected chi connectivity index (χ4v) is 2.51. The van der Waals surface area contributed by atoms with Crippen LogP contribution in [0.3, 0.4) is 0 Å². The number of nitrogens with one attached hydrogen (secondary N) is 3. The number of nitrogens with zero attached hydrogens (tertiary/aromatic N) is 4. The van der Waals surface area contributed by atoms with Crippen molar-refractivity contribution < 1.29 is 0 Å². The second-order valence-corrected chi connectivity index (χ2v) is 5.26. The molecule has 0 amide bonds. The molecule has 0 saturated carbocycles. The van der Waals surface area contributed by atoms with Crippen LogP contribution >= 0.6 is 11.3 Å². The molecule has 0 aliphatic carbocycles. The maximum atomic E-state index is 10.9. The smallest absolute Gasteiger partial charge is 0.340 e. The van der Waals surface area contributed by atoms with Gasteiger partial charge >= 0.3 is 5.69 Å². The van der Waals surface area contributed by atoms with Crippen LogP contribution in [0.2, 0.25) is 0 Å². The SMILES string of the molecule is O=c1[nH]nc(CCCNc2nnc(-c3ccccn3)s2)[nH]1. The van der Waals surface area contributed by atoms with Crippen LogP contribution in [-0.4, -0.2) is 36.9 Å². The standard InChI is InChI=1S/C12H13N7OS/c20-11-15-9(16-18-11)5-3-7-14-12-19-17-10(21-12)8-4-1-2-6-13-8/h1-2,4,6H,3,5,7H2,(H,14,19)(H2,15,16,18,20). The first-order chi connectivity index (χ1) is 10.3. The number of hydrogen-bond acceptors (Lipinski definition) is 7. The first kappa shape index (κ1) is 13.4. The zero-order valence-electron chi connectivity index (χ0n) is 11.0. The summed E-state index contributed by atoms with van der Waals surface area (Å²) in [6.07, 6.45) is 3.26. The topological polar surface area (TPSA) is 112 Å². The number of aromatic amines is 2. The Morgan fingerprint density at radius 3 is 3.00 bits per heavy atom. The minimum absolute atomic E-state index is 0.276. The first-order valence-corrected chi connectivity index (χ1v) is 7.25. The molecular formula is C12H13N7OS. The molecule has 3 N–H and O–H groups in total. The maximum absolute atomic E-state index is 10.9. The van der Waals surface area contributed by atoms with E-state index in [4.69, 9.17) is 0 Å². The van der Waals surface area contributed by atoms with Crippen molar-refractivity contribution in [3.8, 4) is 10.7 Å². The molecule has 0 radical (unpaired) electrons. The lowest BCUT2D eigenvalue weighted by molar-refractivity contribution is 0.804. The van der Waals surface area contributed by atoms with Gasteiger partial charge in [-0.25, -0.2) is 9.89 Å². The number of H-pyrrole nitrogens is 2. The van der Waals surface area contributed by atoms with Crippen molar-refractivity contribution in [2.75, 3.05) is 11.9 Å². The van der Waals surface area contributed by atoms with Crippen molar-refractivity contribution in [2.24, 2.45) is 0 Å². The number of hydrogen-bond donors (Lipinski definition) is 3. The highest BCUT2D eigenvalue weighted by Crippen LogP contribution is 2.24. The lowest BCUT2D eigenvalue weighted by Crippen LogP contribution is -2.04. The number of aryl methyl sites for hydroxylation is 1. The third kappa shape index (κ3) is 3.51. The summed E-state index contributed by atoms with van der Waals surface area (Å²) in [5.41, 5.74) is 0.541. The molecule has 0 aromatic carbocycles. The van der Waals surface area contributed by atoms with Crippen molar-refractivity contribution in [2.45, 2.75) is 12.8 Å². The van der Waals surface area contributed by atoms with E-state index in [0.29, 0.717) is 12.2 Å². The van der Waals surface area contributed by atoms with E-state index in [0.717, 1.165) is 28.8 Å². The Balaban J connectivity index is 1.50. The summed E-state index contributed by atoms with van der Waals surface area (Å²) in [7, 11) is 0. The average Bonchev–Trinajstić information content (AvgIpc) is 3.14. The predicted molar refractivity (Wildman–Crippen MR) is 79.2 cm³/mol. The van der Waals surface area contributed by atoms with Crippen LogP contribution in [0, 0.1) is 0 Å². The summed E-state index contributed by atoms with van der Waals surface area (Å²) >= 11 is 1.46. The molecule has 3 aromatic rings. The van der Waals surface area contributed by atoms with E-state index in [-0.39, 0.29) is 5.69 Å². The molecule has 0 fully saturated rings. The van der Waals surface area contributed by atoms with Crippen molar-refractivity contribution in [3.05, 3.63) is 40.7 Å². The van der Waals surface area contributed by atoms with Crippen LogP contribution in [0.5, 0.6) is 0 Å². The summed E-state index contributed by atoms with van der Waals surface area (Å²) in [6, 6.07) is 5.68. The van der Waals surface area contributed by atoms with Gasteiger partial charge in [0, 0.05) is 19.2 Å². The molecule has 108 valence electrons. The summed E-state index contributed by atoms with van der Waals surface area (Å²) < 4.78 is 0. The van der Waals surface area contributed by atoms with Gasteiger partial charge in [-0.2, -0.15) is 5.10 Å². The Morgan fingerprint density at radius 2 is 2.24 bits per heavy atom. The third-order valence-electron chi connectivity index (χ3n) is 2.73. The number of anilines is 1. The Labute approximate surface area is 123 Å². The molecule has 0 aliphatic rings. The zero-order chi connectivity index (χ0) is 14.5. The molecule has 0 spiro atoms. The Morgan fingerprint density at radius 1 is 1.29 bits per heavy atom. The summed E-state index contributed by atoms with van der Waals surface area (Å²) in [6.45, 7) is 0.728. The molecule has 8 nitrogen and oxygen atoms in total. The van der Waals surface area contributed by atoms with Gasteiger partial charge in [0.25, 0.3) is 0 Å². The van der Waals surface area contributed by atoms with E-state index >= 15 is 0 Å². The number of pyridine rings is 1. The molecule has 0 atom stereocenters. The normalized spacial score (nSPS) is 10.7. The van der Waals surface area contributed by atoms with Crippen LogP contribution in [0.15, 0.2) is 29.2 Å². The summed E-state index contributed by atoms with van der Waals surface area (Å²) in [5.74, 6) is 0.660. The molecule has 3 aromatic heterocycles. The molecule has 21 heavy (non-hydrogen) atoms. The highest BCUT2D eigenvalue weighted by atomic mass is 32.1. The van der Waals surface area contributed by atoms with Crippen LogP contribution < -0.4 is 11.0 Å². The third-order valence-corrected chi connectivity index (χ3v) is 3.63. The van der Waals surface area contributed by atoms with Crippen molar-refractivity contribution >= 4 is 16.5 Å². The minimum atomic E-state index is -0.276. The highest BCUT2D eigenvalue weighted by molar-refractivity contribution is 7.18. The zero-order valence-corrected chi connectivity index (χ0v) is 11.9. The van der Waals surface area contributed by atoms with Gasteiger partial charge in [0.1, 0.15) is 11.5 Å². The largest absolute Gasteiger partial charge is 0.360 e. The molecular weight excluding hydrogens is 290 g/mol. The molecule has 0 bridgehead atoms. The lowest BCUT2D eigenvalue weighted by Gasteiger charge is -1.99. The van der Waals surface area contributed by atoms with Gasteiger partial charge in [-0.15, -0.1) is 10.2 Å². The Kier molecular flexibility index (Phi) is 4.01. The van der Waals surface area contributed by atoms with Crippen LogP contribution in [0.1, 0.15) is 12.2 Å². The predicted octanol–water partition coefficient (Wildman–Crippen LogP) is 1.06. The van der Waals surface area contributed by atoms with E-state index in [1.807, 2.05) is 18.2 Å². The van der Waals surface area contributed by atoms with E-state index in [2.05, 4.69) is 35.7 Å². The first-order valence-electron chi connectivity index (χ1n) is 6.43. The fourth-order valence-electron chi connectivity index (χ4n) is 1.76. The fraction of sp³-hybridized carbons (Fsp3) is 0.250. The van der Waals surface area contributed by atoms with Gasteiger partial charge in [-0.1, -0.05) is 17.4 Å². The van der Waals surface area contributed by atoms with Crippen LogP contribution in [-0.2, 0) is 6.42 Å². The molecule has 3 heterocycles. The second-order valence-electron chi connectivity index (χ2n) is 4.28. The maximum Gasteiger partial charge on any atom is 0.340 e. The molecule has 0 aliphatic heterocycles. The molecule has 0 saturated heterocycles. The van der Waals surface area contributed by atoms with E-state index in [9.17, 15) is 4.79 Å². The van der Waals surface area contributed by atoms with Crippen molar-refractivity contribution in [1.82, 2.24) is 30.4 Å². The van der Waals surface area contributed by atoms with Crippen LogP contribution in [0.25, 0.3) is 10.7 Å². The average molecular weight is 303 g/mol. The van der Waals surface area contributed by atoms with Crippen molar-refractivity contribution in [1.29, 1.82) is 0 Å². The quantitative estimate of drug-likeness (QED) is 0.587. The van der Waals surface area contributed by atoms with Gasteiger partial charge < -0.3 is 5.32 Å². The Bertz CT molecular complexity index is 748. The highest BCUT2D eigenvalue weighted by Gasteiger charge is 2.06. The Hall–Kier alpha value is -2.55. The lowest BCUT2D eigenvalue weighted by atomic mass is 10.3. The van der Waals surface area contributed by atoms with Gasteiger partial charge in [0.15, 0.2) is 5.01 Å². The van der Waals surface area contributed by atoms with Gasteiger partial charge in [-0.3, -0.25) is 9.97 Å². The monoisotopic (exact) mass is 303 g/mol. The van der Waals surface area contributed by atoms with E-state index in [1.165, 1.54) is 11.3 Å². The molecule has 9 heteroatoms. The summed E-state index contributed by atoms with van der Waals surface area (Å²) in [5, 5.41) is 19.1. The second kappa shape index (κ2) is 6.27. The van der Waals surface area contributed by atoms with Crippen LogP contribution in [0.4, 0.5) is 5.13 Å². The van der Waals surface area contributed by atoms with Crippen molar-refractivity contribution in [3.63, 3.8) is 0 Å². The van der Waals surface area contributed by atoms with Gasteiger partial charge in [0.2, 0.25) is 5.13 Å². The molecule has 0 unspecified atom stereocenters. The van der Waals surface area contributed by atoms with E-state index < -0.39 is 0 Å². The van der Waals surface area contributed by atoms with E-state index in [1.54, 1.807) is 6.20 Å². The van der Waals surface area contributed by atoms with Gasteiger partial charge in [0.05, 0.1) is 0 Å². The number of rotatable bonds is 6. The number of aromatic nitrogens is 6. The summed E-state index contributed by atoms with van der Waals surface area (Å²) in [4.78, 5) is 17.7. The van der Waals surface area contributed by atoms with Gasteiger partial charge in [-0.05, 0) is 18.6 Å². The molecule has 3 rings (SSSR count). The minimum Gasteiger partial charge on any atom is -0.360 e.